The monoisotopic (exact) mass is 485 g/mol. The molecule has 3 aromatic rings. The molecule has 0 saturated carbocycles. The lowest BCUT2D eigenvalue weighted by Gasteiger charge is -2.22. The first-order chi connectivity index (χ1) is 16.1. The van der Waals surface area contributed by atoms with E-state index in [-0.39, 0.29) is 18.0 Å². The maximum atomic E-state index is 12.5. The van der Waals surface area contributed by atoms with Crippen molar-refractivity contribution in [3.8, 4) is 11.3 Å². The first kappa shape index (κ1) is 26.0. The number of aryl methyl sites for hydroxylation is 1. The van der Waals surface area contributed by atoms with E-state index in [0.29, 0.717) is 6.54 Å². The highest BCUT2D eigenvalue weighted by molar-refractivity contribution is 7.20. The molecular formula is C25H39N7OS. The molecular weight excluding hydrogens is 446 g/mol. The van der Waals surface area contributed by atoms with Crippen LogP contribution in [0, 0.1) is 6.92 Å². The molecule has 2 N–H and O–H groups in total. The van der Waals surface area contributed by atoms with E-state index in [2.05, 4.69) is 81.3 Å². The number of amides is 1. The highest BCUT2D eigenvalue weighted by Crippen LogP contribution is 2.34. The molecule has 0 atom stereocenters. The summed E-state index contributed by atoms with van der Waals surface area (Å²) < 4.78 is 1.86. The summed E-state index contributed by atoms with van der Waals surface area (Å²) in [6.07, 6.45) is 0.950. The van der Waals surface area contributed by atoms with Gasteiger partial charge in [-0.3, -0.25) is 4.79 Å². The molecule has 0 bridgehead atoms. The van der Waals surface area contributed by atoms with Gasteiger partial charge in [0.2, 0.25) is 16.0 Å². The first-order valence-corrected chi connectivity index (χ1v) is 12.9. The van der Waals surface area contributed by atoms with Crippen molar-refractivity contribution in [3.05, 3.63) is 29.8 Å². The molecule has 0 unspecified atom stereocenters. The van der Waals surface area contributed by atoms with Crippen molar-refractivity contribution in [1.82, 2.24) is 24.8 Å². The number of benzene rings is 1. The number of hydrogen-bond donors (Lipinski definition) is 2. The van der Waals surface area contributed by atoms with Gasteiger partial charge in [0, 0.05) is 24.7 Å². The number of likely N-dealkylation sites (N-methyl/N-ethyl adjacent to an activating group) is 1. The molecule has 2 aromatic heterocycles. The summed E-state index contributed by atoms with van der Waals surface area (Å²) in [6.45, 7) is 16.8. The minimum absolute atomic E-state index is 0.00303. The van der Waals surface area contributed by atoms with Crippen LogP contribution in [0.1, 0.15) is 46.6 Å². The number of nitrogens with zero attached hydrogens (tertiary/aromatic N) is 5. The van der Waals surface area contributed by atoms with Gasteiger partial charge < -0.3 is 20.4 Å². The molecule has 0 aliphatic heterocycles. The number of nitrogens with one attached hydrogen (secondary N) is 2. The lowest BCUT2D eigenvalue weighted by molar-refractivity contribution is -0.119. The van der Waals surface area contributed by atoms with E-state index < -0.39 is 0 Å². The number of hydrogen-bond acceptors (Lipinski definition) is 7. The second kappa shape index (κ2) is 11.2. The Labute approximate surface area is 207 Å². The smallest absolute Gasteiger partial charge is 0.239 e. The van der Waals surface area contributed by atoms with E-state index >= 15 is 0 Å². The van der Waals surface area contributed by atoms with Crippen molar-refractivity contribution in [3.63, 3.8) is 0 Å². The number of imidazole rings is 1. The predicted octanol–water partition coefficient (Wildman–Crippen LogP) is 4.26. The maximum Gasteiger partial charge on any atom is 0.239 e. The molecule has 9 heteroatoms. The summed E-state index contributed by atoms with van der Waals surface area (Å²) in [6, 6.07) is 8.37. The van der Waals surface area contributed by atoms with Gasteiger partial charge in [-0.2, -0.15) is 4.52 Å². The first-order valence-electron chi connectivity index (χ1n) is 12.1. The molecule has 2 heterocycles. The molecule has 3 rings (SSSR count). The van der Waals surface area contributed by atoms with Crippen molar-refractivity contribution in [2.75, 3.05) is 50.0 Å². The van der Waals surface area contributed by atoms with E-state index in [1.807, 2.05) is 16.5 Å². The van der Waals surface area contributed by atoms with Crippen LogP contribution in [-0.4, -0.2) is 70.7 Å². The Kier molecular flexibility index (Phi) is 8.54. The van der Waals surface area contributed by atoms with Crippen LogP contribution in [0.15, 0.2) is 24.3 Å². The van der Waals surface area contributed by atoms with Gasteiger partial charge in [-0.25, -0.2) is 4.98 Å². The Morgan fingerprint density at radius 1 is 1.15 bits per heavy atom. The zero-order chi connectivity index (χ0) is 24.9. The summed E-state index contributed by atoms with van der Waals surface area (Å²) >= 11 is 1.48. The van der Waals surface area contributed by atoms with E-state index in [9.17, 15) is 4.79 Å². The molecule has 0 aliphatic rings. The third-order valence-electron chi connectivity index (χ3n) is 5.59. The summed E-state index contributed by atoms with van der Waals surface area (Å²) in [5, 5.41) is 12.2. The maximum absolute atomic E-state index is 12.5. The van der Waals surface area contributed by atoms with Crippen LogP contribution in [0.2, 0.25) is 0 Å². The second-order valence-corrected chi connectivity index (χ2v) is 10.6. The van der Waals surface area contributed by atoms with Crippen LogP contribution < -0.4 is 15.5 Å². The normalized spacial score (nSPS) is 11.9. The van der Waals surface area contributed by atoms with E-state index in [4.69, 9.17) is 10.1 Å². The minimum Gasteiger partial charge on any atom is -0.364 e. The average molecular weight is 486 g/mol. The SMILES string of the molecule is CCN(CC)CCCNC(=O)CN(C)c1nn2c(NC(C)(C)C)c(-c3ccc(C)cc3)nc2s1. The molecule has 0 radical (unpaired) electrons. The standard InChI is InChI=1S/C25H39N7OS/c1-8-31(9-2)16-10-15-26-20(33)17-30(7)24-29-32-22(28-25(4,5)6)21(27-23(32)34-24)19-13-11-18(3)12-14-19/h11-14,28H,8-10,15-17H2,1-7H3,(H,26,33). The second-order valence-electron chi connectivity index (χ2n) is 9.72. The molecule has 0 spiro atoms. The summed E-state index contributed by atoms with van der Waals surface area (Å²) in [4.78, 5) is 22.4. The van der Waals surface area contributed by atoms with Gasteiger partial charge in [0.15, 0.2) is 5.82 Å². The van der Waals surface area contributed by atoms with Crippen LogP contribution in [0.25, 0.3) is 16.2 Å². The van der Waals surface area contributed by atoms with Crippen LogP contribution in [0.4, 0.5) is 10.9 Å². The quantitative estimate of drug-likeness (QED) is 0.395. The molecule has 8 nitrogen and oxygen atoms in total. The van der Waals surface area contributed by atoms with Gasteiger partial charge in [0.1, 0.15) is 5.69 Å². The fourth-order valence-corrected chi connectivity index (χ4v) is 4.54. The molecule has 186 valence electrons. The van der Waals surface area contributed by atoms with E-state index in [1.165, 1.54) is 16.9 Å². The van der Waals surface area contributed by atoms with Crippen LogP contribution in [0.5, 0.6) is 0 Å². The van der Waals surface area contributed by atoms with Crippen molar-refractivity contribution >= 4 is 33.2 Å². The summed E-state index contributed by atoms with van der Waals surface area (Å²) in [5.74, 6) is 0.867. The largest absolute Gasteiger partial charge is 0.364 e. The molecule has 34 heavy (non-hydrogen) atoms. The van der Waals surface area contributed by atoms with E-state index in [0.717, 1.165) is 53.2 Å². The fraction of sp³-hybridized carbons (Fsp3) is 0.560. The Hall–Kier alpha value is -2.65. The Balaban J connectivity index is 1.72. The van der Waals surface area contributed by atoms with Gasteiger partial charge >= 0.3 is 0 Å². The zero-order valence-corrected chi connectivity index (χ0v) is 22.4. The number of aromatic nitrogens is 3. The van der Waals surface area contributed by atoms with Crippen LogP contribution >= 0.6 is 11.3 Å². The van der Waals surface area contributed by atoms with Gasteiger partial charge in [-0.1, -0.05) is 55.0 Å². The van der Waals surface area contributed by atoms with Gasteiger partial charge in [-0.15, -0.1) is 5.10 Å². The van der Waals surface area contributed by atoms with Gasteiger partial charge in [-0.05, 0) is 53.8 Å². The Morgan fingerprint density at radius 3 is 2.44 bits per heavy atom. The summed E-state index contributed by atoms with van der Waals surface area (Å²) in [7, 11) is 1.89. The average Bonchev–Trinajstić information content (AvgIpc) is 3.33. The molecule has 1 aromatic carbocycles. The molecule has 0 saturated heterocycles. The fourth-order valence-electron chi connectivity index (χ4n) is 3.68. The number of carbonyl (C=O) groups excluding carboxylic acids is 1. The minimum atomic E-state index is -0.157. The number of fused-ring (bicyclic) bond motifs is 1. The molecule has 0 aliphatic carbocycles. The van der Waals surface area contributed by atoms with Crippen molar-refractivity contribution in [1.29, 1.82) is 0 Å². The third-order valence-corrected chi connectivity index (χ3v) is 6.61. The van der Waals surface area contributed by atoms with Crippen molar-refractivity contribution in [2.45, 2.75) is 53.5 Å². The molecule has 0 fully saturated rings. The van der Waals surface area contributed by atoms with Crippen LogP contribution in [0.3, 0.4) is 0 Å². The highest BCUT2D eigenvalue weighted by Gasteiger charge is 2.23. The van der Waals surface area contributed by atoms with Gasteiger partial charge in [0.05, 0.1) is 6.54 Å². The Morgan fingerprint density at radius 2 is 1.82 bits per heavy atom. The topological polar surface area (TPSA) is 77.8 Å². The van der Waals surface area contributed by atoms with E-state index in [1.54, 1.807) is 0 Å². The highest BCUT2D eigenvalue weighted by atomic mass is 32.1. The van der Waals surface area contributed by atoms with Crippen molar-refractivity contribution in [2.24, 2.45) is 0 Å². The Bertz CT molecular complexity index is 1080. The number of anilines is 2. The predicted molar refractivity (Wildman–Crippen MR) is 143 cm³/mol. The summed E-state index contributed by atoms with van der Waals surface area (Å²) in [5.41, 5.74) is 2.99. The number of rotatable bonds is 11. The van der Waals surface area contributed by atoms with Crippen LogP contribution in [-0.2, 0) is 4.79 Å². The lowest BCUT2D eigenvalue weighted by Crippen LogP contribution is -2.36. The van der Waals surface area contributed by atoms with Gasteiger partial charge in [0.25, 0.3) is 0 Å². The number of carbonyl (C=O) groups is 1. The third kappa shape index (κ3) is 6.70. The lowest BCUT2D eigenvalue weighted by atomic mass is 10.1. The molecule has 1 amide bonds. The van der Waals surface area contributed by atoms with Crippen molar-refractivity contribution < 1.29 is 4.79 Å². The zero-order valence-electron chi connectivity index (χ0n) is 21.6.